The van der Waals surface area contributed by atoms with Crippen molar-refractivity contribution in [2.45, 2.75) is 31.3 Å². The SMILES string of the molecule is O=C(C1CCN(C2CCS(=O)(=O)C2)CC1)N1CCN(C(c2ccccc2)c2ccccc2)CC1. The molecule has 1 amide bonds. The number of likely N-dealkylation sites (tertiary alicyclic amines) is 1. The first-order chi connectivity index (χ1) is 16.5. The molecule has 182 valence electrons. The predicted octanol–water partition coefficient (Wildman–Crippen LogP) is 2.82. The summed E-state index contributed by atoms with van der Waals surface area (Å²) in [7, 11) is -2.87. The van der Waals surface area contributed by atoms with Crippen molar-refractivity contribution in [2.24, 2.45) is 5.92 Å². The van der Waals surface area contributed by atoms with Crippen molar-refractivity contribution in [1.29, 1.82) is 0 Å². The molecule has 0 aromatic heterocycles. The van der Waals surface area contributed by atoms with E-state index in [1.807, 2.05) is 0 Å². The van der Waals surface area contributed by atoms with E-state index < -0.39 is 9.84 Å². The lowest BCUT2D eigenvalue weighted by Gasteiger charge is -2.42. The van der Waals surface area contributed by atoms with Crippen LogP contribution >= 0.6 is 0 Å². The Morgan fingerprint density at radius 3 is 1.82 bits per heavy atom. The third kappa shape index (κ3) is 5.21. The standard InChI is InChI=1S/C27H35N3O3S/c31-27(24-11-14-28(15-12-24)25-13-20-34(32,33)21-25)30-18-16-29(17-19-30)26(22-7-3-1-4-8-22)23-9-5-2-6-10-23/h1-10,24-26H,11-21H2. The zero-order chi connectivity index (χ0) is 23.5. The highest BCUT2D eigenvalue weighted by Gasteiger charge is 2.37. The van der Waals surface area contributed by atoms with Crippen LogP contribution in [0.4, 0.5) is 0 Å². The number of amides is 1. The lowest BCUT2D eigenvalue weighted by Crippen LogP contribution is -2.53. The van der Waals surface area contributed by atoms with Crippen LogP contribution in [0.25, 0.3) is 0 Å². The second-order valence-corrected chi connectivity index (χ2v) is 12.2. The van der Waals surface area contributed by atoms with Gasteiger partial charge in [0.1, 0.15) is 0 Å². The Bertz CT molecular complexity index is 1020. The number of carbonyl (C=O) groups excluding carboxylic acids is 1. The molecule has 3 saturated heterocycles. The fraction of sp³-hybridized carbons (Fsp3) is 0.519. The average Bonchev–Trinajstić information content (AvgIpc) is 3.25. The largest absolute Gasteiger partial charge is 0.340 e. The van der Waals surface area contributed by atoms with Gasteiger partial charge in [-0.3, -0.25) is 14.6 Å². The molecule has 0 saturated carbocycles. The molecule has 3 heterocycles. The molecule has 2 aromatic carbocycles. The van der Waals surface area contributed by atoms with Gasteiger partial charge in [0, 0.05) is 38.1 Å². The molecule has 7 heteroatoms. The fourth-order valence-electron chi connectivity index (χ4n) is 5.92. The van der Waals surface area contributed by atoms with Crippen LogP contribution in [-0.2, 0) is 14.6 Å². The average molecular weight is 482 g/mol. The Morgan fingerprint density at radius 1 is 0.765 bits per heavy atom. The number of hydrogen-bond donors (Lipinski definition) is 0. The Labute approximate surface area is 203 Å². The van der Waals surface area contributed by atoms with E-state index in [1.165, 1.54) is 11.1 Å². The summed E-state index contributed by atoms with van der Waals surface area (Å²) in [5.74, 6) is 0.958. The minimum absolute atomic E-state index is 0.0693. The number of piperidine rings is 1. The van der Waals surface area contributed by atoms with Gasteiger partial charge in [-0.05, 0) is 43.5 Å². The summed E-state index contributed by atoms with van der Waals surface area (Å²) in [4.78, 5) is 20.2. The maximum absolute atomic E-state index is 13.3. The molecule has 0 radical (unpaired) electrons. The number of carbonyl (C=O) groups is 1. The van der Waals surface area contributed by atoms with Gasteiger partial charge in [-0.15, -0.1) is 0 Å². The molecule has 5 rings (SSSR count). The van der Waals surface area contributed by atoms with E-state index in [2.05, 4.69) is 75.4 Å². The maximum atomic E-state index is 13.3. The molecule has 0 spiro atoms. The molecular formula is C27H35N3O3S. The highest BCUT2D eigenvalue weighted by atomic mass is 32.2. The van der Waals surface area contributed by atoms with Crippen molar-refractivity contribution >= 4 is 15.7 Å². The van der Waals surface area contributed by atoms with Gasteiger partial charge in [0.15, 0.2) is 9.84 Å². The van der Waals surface area contributed by atoms with Crippen molar-refractivity contribution < 1.29 is 13.2 Å². The first-order valence-electron chi connectivity index (χ1n) is 12.6. The second-order valence-electron chi connectivity index (χ2n) is 9.95. The lowest BCUT2D eigenvalue weighted by atomic mass is 9.93. The van der Waals surface area contributed by atoms with Gasteiger partial charge in [-0.25, -0.2) is 8.42 Å². The van der Waals surface area contributed by atoms with Crippen LogP contribution in [0.2, 0.25) is 0 Å². The Morgan fingerprint density at radius 2 is 1.32 bits per heavy atom. The quantitative estimate of drug-likeness (QED) is 0.657. The van der Waals surface area contributed by atoms with Crippen molar-refractivity contribution in [2.75, 3.05) is 50.8 Å². The highest BCUT2D eigenvalue weighted by molar-refractivity contribution is 7.91. The van der Waals surface area contributed by atoms with E-state index in [0.717, 1.165) is 58.5 Å². The number of rotatable bonds is 5. The Hall–Kier alpha value is -2.22. The molecule has 3 fully saturated rings. The monoisotopic (exact) mass is 481 g/mol. The van der Waals surface area contributed by atoms with E-state index in [4.69, 9.17) is 0 Å². The first-order valence-corrected chi connectivity index (χ1v) is 14.4. The zero-order valence-electron chi connectivity index (χ0n) is 19.8. The summed E-state index contributed by atoms with van der Waals surface area (Å²) in [5, 5.41) is 0. The van der Waals surface area contributed by atoms with Crippen LogP contribution in [0, 0.1) is 5.92 Å². The normalized spacial score (nSPS) is 24.5. The number of hydrogen-bond acceptors (Lipinski definition) is 5. The van der Waals surface area contributed by atoms with E-state index in [-0.39, 0.29) is 29.7 Å². The molecule has 0 aliphatic carbocycles. The molecule has 1 atom stereocenters. The van der Waals surface area contributed by atoms with Gasteiger partial charge < -0.3 is 4.90 Å². The van der Waals surface area contributed by atoms with Gasteiger partial charge in [-0.1, -0.05) is 60.7 Å². The van der Waals surface area contributed by atoms with Gasteiger partial charge >= 0.3 is 0 Å². The van der Waals surface area contributed by atoms with Crippen LogP contribution in [0.3, 0.4) is 0 Å². The van der Waals surface area contributed by atoms with E-state index in [1.54, 1.807) is 0 Å². The molecular weight excluding hydrogens is 446 g/mol. The molecule has 3 aliphatic heterocycles. The van der Waals surface area contributed by atoms with Crippen molar-refractivity contribution in [1.82, 2.24) is 14.7 Å². The molecule has 0 bridgehead atoms. The zero-order valence-corrected chi connectivity index (χ0v) is 20.6. The Kier molecular flexibility index (Phi) is 7.04. The van der Waals surface area contributed by atoms with Crippen LogP contribution in [-0.4, -0.2) is 85.8 Å². The number of benzene rings is 2. The van der Waals surface area contributed by atoms with Gasteiger partial charge in [0.05, 0.1) is 17.5 Å². The van der Waals surface area contributed by atoms with E-state index in [9.17, 15) is 13.2 Å². The van der Waals surface area contributed by atoms with Crippen molar-refractivity contribution in [3.8, 4) is 0 Å². The van der Waals surface area contributed by atoms with Crippen LogP contribution < -0.4 is 0 Å². The summed E-state index contributed by atoms with van der Waals surface area (Å²) >= 11 is 0. The minimum atomic E-state index is -2.87. The highest BCUT2D eigenvalue weighted by Crippen LogP contribution is 2.30. The predicted molar refractivity (Wildman–Crippen MR) is 134 cm³/mol. The molecule has 0 N–H and O–H groups in total. The summed E-state index contributed by atoms with van der Waals surface area (Å²) in [6.07, 6.45) is 2.42. The minimum Gasteiger partial charge on any atom is -0.340 e. The lowest BCUT2D eigenvalue weighted by molar-refractivity contribution is -0.139. The summed E-state index contributed by atoms with van der Waals surface area (Å²) in [5.41, 5.74) is 2.57. The smallest absolute Gasteiger partial charge is 0.225 e. The fourth-order valence-corrected chi connectivity index (χ4v) is 7.68. The summed E-state index contributed by atoms with van der Waals surface area (Å²) < 4.78 is 23.7. The van der Waals surface area contributed by atoms with Crippen molar-refractivity contribution in [3.05, 3.63) is 71.8 Å². The second kappa shape index (κ2) is 10.2. The maximum Gasteiger partial charge on any atom is 0.225 e. The van der Waals surface area contributed by atoms with Gasteiger partial charge in [0.2, 0.25) is 5.91 Å². The topological polar surface area (TPSA) is 60.9 Å². The van der Waals surface area contributed by atoms with Crippen molar-refractivity contribution in [3.63, 3.8) is 0 Å². The summed E-state index contributed by atoms with van der Waals surface area (Å²) in [6.45, 7) is 4.91. The third-order valence-corrected chi connectivity index (χ3v) is 9.58. The molecule has 3 aliphatic rings. The van der Waals surface area contributed by atoms with Crippen LogP contribution in [0.15, 0.2) is 60.7 Å². The van der Waals surface area contributed by atoms with E-state index in [0.29, 0.717) is 5.75 Å². The molecule has 1 unspecified atom stereocenters. The third-order valence-electron chi connectivity index (χ3n) is 7.83. The molecule has 2 aromatic rings. The van der Waals surface area contributed by atoms with Gasteiger partial charge in [-0.2, -0.15) is 0 Å². The number of nitrogens with zero attached hydrogens (tertiary/aromatic N) is 3. The van der Waals surface area contributed by atoms with Crippen LogP contribution in [0.1, 0.15) is 36.4 Å². The Balaban J connectivity index is 1.17. The molecule has 6 nitrogen and oxygen atoms in total. The first kappa shape index (κ1) is 23.5. The van der Waals surface area contributed by atoms with Gasteiger partial charge in [0.25, 0.3) is 0 Å². The van der Waals surface area contributed by atoms with Crippen LogP contribution in [0.5, 0.6) is 0 Å². The van der Waals surface area contributed by atoms with E-state index >= 15 is 0 Å². The number of sulfone groups is 1. The number of piperazine rings is 1. The summed E-state index contributed by atoms with van der Waals surface area (Å²) in [6, 6.07) is 21.6. The molecule has 34 heavy (non-hydrogen) atoms.